The molecule has 0 saturated carbocycles. The Labute approximate surface area is 115 Å². The molecule has 7 nitrogen and oxygen atoms in total. The molecule has 0 aromatic heterocycles. The van der Waals surface area contributed by atoms with Gasteiger partial charge in [0.05, 0.1) is 12.5 Å². The molecule has 0 aliphatic heterocycles. The van der Waals surface area contributed by atoms with Crippen molar-refractivity contribution in [3.05, 3.63) is 35.9 Å². The van der Waals surface area contributed by atoms with E-state index in [2.05, 4.69) is 5.32 Å². The highest BCUT2D eigenvalue weighted by Gasteiger charge is 2.23. The maximum absolute atomic E-state index is 11.7. The van der Waals surface area contributed by atoms with E-state index < -0.39 is 36.3 Å². The molecular formula is C13H17N3O4. The molecule has 2 amide bonds. The zero-order valence-corrected chi connectivity index (χ0v) is 10.8. The van der Waals surface area contributed by atoms with Gasteiger partial charge in [0, 0.05) is 6.42 Å². The fraction of sp³-hybridized carbons (Fsp3) is 0.308. The summed E-state index contributed by atoms with van der Waals surface area (Å²) in [6.45, 7) is 0. The Morgan fingerprint density at radius 1 is 1.20 bits per heavy atom. The van der Waals surface area contributed by atoms with Gasteiger partial charge in [0.25, 0.3) is 0 Å². The van der Waals surface area contributed by atoms with E-state index >= 15 is 0 Å². The quantitative estimate of drug-likeness (QED) is 0.507. The minimum absolute atomic E-state index is 0.224. The summed E-state index contributed by atoms with van der Waals surface area (Å²) in [6.07, 6.45) is -0.287. The third-order valence-corrected chi connectivity index (χ3v) is 2.67. The Hall–Kier alpha value is -2.41. The maximum Gasteiger partial charge on any atom is 0.305 e. The Bertz CT molecular complexity index is 490. The SMILES string of the molecule is NC(=O)[C@H](Cc1ccccc1)NC(=O)C(N)CC(=O)O. The fourth-order valence-electron chi connectivity index (χ4n) is 1.63. The lowest BCUT2D eigenvalue weighted by atomic mass is 10.0. The second-order valence-corrected chi connectivity index (χ2v) is 4.36. The predicted molar refractivity (Wildman–Crippen MR) is 71.5 cm³/mol. The molecule has 0 spiro atoms. The minimum Gasteiger partial charge on any atom is -0.481 e. The average Bonchev–Trinajstić information content (AvgIpc) is 2.38. The molecular weight excluding hydrogens is 262 g/mol. The van der Waals surface area contributed by atoms with Crippen LogP contribution in [0.2, 0.25) is 0 Å². The number of nitrogens with two attached hydrogens (primary N) is 2. The van der Waals surface area contributed by atoms with Gasteiger partial charge in [0.2, 0.25) is 11.8 Å². The third kappa shape index (κ3) is 5.07. The van der Waals surface area contributed by atoms with Crippen molar-refractivity contribution in [2.24, 2.45) is 11.5 Å². The van der Waals surface area contributed by atoms with Gasteiger partial charge in [-0.3, -0.25) is 14.4 Å². The first-order valence-corrected chi connectivity index (χ1v) is 6.01. The van der Waals surface area contributed by atoms with Crippen LogP contribution in [0.5, 0.6) is 0 Å². The van der Waals surface area contributed by atoms with E-state index in [1.807, 2.05) is 6.07 Å². The number of benzene rings is 1. The van der Waals surface area contributed by atoms with Crippen LogP contribution in [0.25, 0.3) is 0 Å². The molecule has 7 heteroatoms. The van der Waals surface area contributed by atoms with Crippen LogP contribution in [0.3, 0.4) is 0 Å². The summed E-state index contributed by atoms with van der Waals surface area (Å²) in [7, 11) is 0. The van der Waals surface area contributed by atoms with Crippen LogP contribution in [0.15, 0.2) is 30.3 Å². The molecule has 0 aliphatic carbocycles. The van der Waals surface area contributed by atoms with Crippen LogP contribution in [0, 0.1) is 0 Å². The highest BCUT2D eigenvalue weighted by atomic mass is 16.4. The number of hydrogen-bond acceptors (Lipinski definition) is 4. The van der Waals surface area contributed by atoms with Gasteiger partial charge in [-0.15, -0.1) is 0 Å². The van der Waals surface area contributed by atoms with E-state index in [0.29, 0.717) is 0 Å². The van der Waals surface area contributed by atoms with Crippen LogP contribution in [-0.2, 0) is 20.8 Å². The standard InChI is InChI=1S/C13H17N3O4/c14-9(7-11(17)18)13(20)16-10(12(15)19)6-8-4-2-1-3-5-8/h1-5,9-10H,6-7,14H2,(H2,15,19)(H,16,20)(H,17,18)/t9?,10-/m0/s1. The summed E-state index contributed by atoms with van der Waals surface area (Å²) in [5, 5.41) is 10.9. The van der Waals surface area contributed by atoms with Crippen molar-refractivity contribution in [3.63, 3.8) is 0 Å². The molecule has 0 bridgehead atoms. The summed E-state index contributed by atoms with van der Waals surface area (Å²) < 4.78 is 0. The fourth-order valence-corrected chi connectivity index (χ4v) is 1.63. The van der Waals surface area contributed by atoms with Crippen molar-refractivity contribution in [3.8, 4) is 0 Å². The van der Waals surface area contributed by atoms with Crippen molar-refractivity contribution < 1.29 is 19.5 Å². The largest absolute Gasteiger partial charge is 0.481 e. The number of nitrogens with one attached hydrogen (secondary N) is 1. The number of carbonyl (C=O) groups is 3. The Balaban J connectivity index is 2.66. The number of primary amides is 1. The Morgan fingerprint density at radius 2 is 1.80 bits per heavy atom. The van der Waals surface area contributed by atoms with Crippen molar-refractivity contribution in [2.45, 2.75) is 24.9 Å². The summed E-state index contributed by atoms with van der Waals surface area (Å²) >= 11 is 0. The first-order valence-electron chi connectivity index (χ1n) is 6.01. The molecule has 6 N–H and O–H groups in total. The average molecular weight is 279 g/mol. The predicted octanol–water partition coefficient (Wildman–Crippen LogP) is -0.999. The molecule has 1 rings (SSSR count). The molecule has 108 valence electrons. The van der Waals surface area contributed by atoms with E-state index in [1.165, 1.54) is 0 Å². The number of carboxylic acid groups (broad SMARTS) is 1. The van der Waals surface area contributed by atoms with E-state index in [1.54, 1.807) is 24.3 Å². The summed E-state index contributed by atoms with van der Waals surface area (Å²) in [4.78, 5) is 33.5. The third-order valence-electron chi connectivity index (χ3n) is 2.67. The van der Waals surface area contributed by atoms with Gasteiger partial charge in [0.15, 0.2) is 0 Å². The van der Waals surface area contributed by atoms with E-state index in [4.69, 9.17) is 16.6 Å². The molecule has 0 fully saturated rings. The van der Waals surface area contributed by atoms with Crippen molar-refractivity contribution in [2.75, 3.05) is 0 Å². The number of carbonyl (C=O) groups excluding carboxylic acids is 2. The van der Waals surface area contributed by atoms with Gasteiger partial charge < -0.3 is 21.9 Å². The molecule has 0 radical (unpaired) electrons. The number of rotatable bonds is 7. The Kier molecular flexibility index (Phi) is 5.67. The highest BCUT2D eigenvalue weighted by Crippen LogP contribution is 2.03. The monoisotopic (exact) mass is 279 g/mol. The van der Waals surface area contributed by atoms with Crippen LogP contribution >= 0.6 is 0 Å². The number of amides is 2. The molecule has 0 heterocycles. The summed E-state index contributed by atoms with van der Waals surface area (Å²) in [5.41, 5.74) is 11.5. The van der Waals surface area contributed by atoms with E-state index in [9.17, 15) is 14.4 Å². The lowest BCUT2D eigenvalue weighted by molar-refractivity contribution is -0.139. The van der Waals surface area contributed by atoms with Crippen molar-refractivity contribution >= 4 is 17.8 Å². The summed E-state index contributed by atoms with van der Waals surface area (Å²) in [5.74, 6) is -2.61. The molecule has 0 aliphatic rings. The van der Waals surface area contributed by atoms with Gasteiger partial charge in [-0.05, 0) is 5.56 Å². The highest BCUT2D eigenvalue weighted by molar-refractivity contribution is 5.90. The van der Waals surface area contributed by atoms with Crippen LogP contribution in [-0.4, -0.2) is 35.0 Å². The lowest BCUT2D eigenvalue weighted by Crippen LogP contribution is -2.51. The molecule has 0 saturated heterocycles. The second-order valence-electron chi connectivity index (χ2n) is 4.36. The molecule has 20 heavy (non-hydrogen) atoms. The normalized spacial score (nSPS) is 13.2. The van der Waals surface area contributed by atoms with Gasteiger partial charge in [-0.1, -0.05) is 30.3 Å². The van der Waals surface area contributed by atoms with Gasteiger partial charge in [-0.25, -0.2) is 0 Å². The summed E-state index contributed by atoms with van der Waals surface area (Å²) in [6, 6.07) is 6.86. The van der Waals surface area contributed by atoms with Gasteiger partial charge >= 0.3 is 5.97 Å². The van der Waals surface area contributed by atoms with Crippen LogP contribution in [0.4, 0.5) is 0 Å². The smallest absolute Gasteiger partial charge is 0.305 e. The second kappa shape index (κ2) is 7.25. The lowest BCUT2D eigenvalue weighted by Gasteiger charge is -2.18. The van der Waals surface area contributed by atoms with E-state index in [-0.39, 0.29) is 6.42 Å². The van der Waals surface area contributed by atoms with Crippen molar-refractivity contribution in [1.29, 1.82) is 0 Å². The number of hydrogen-bond donors (Lipinski definition) is 4. The van der Waals surface area contributed by atoms with Crippen molar-refractivity contribution in [1.82, 2.24) is 5.32 Å². The van der Waals surface area contributed by atoms with E-state index in [0.717, 1.165) is 5.56 Å². The first-order chi connectivity index (χ1) is 9.40. The molecule has 2 atom stereocenters. The van der Waals surface area contributed by atoms with Crippen LogP contribution in [0.1, 0.15) is 12.0 Å². The molecule has 1 unspecified atom stereocenters. The number of carboxylic acids is 1. The topological polar surface area (TPSA) is 136 Å². The molecule has 1 aromatic carbocycles. The maximum atomic E-state index is 11.7. The van der Waals surface area contributed by atoms with Crippen LogP contribution < -0.4 is 16.8 Å². The van der Waals surface area contributed by atoms with Gasteiger partial charge in [0.1, 0.15) is 6.04 Å². The molecule has 1 aromatic rings. The Morgan fingerprint density at radius 3 is 2.30 bits per heavy atom. The minimum atomic E-state index is -1.22. The zero-order chi connectivity index (χ0) is 15.1. The first kappa shape index (κ1) is 15.6. The van der Waals surface area contributed by atoms with Gasteiger partial charge in [-0.2, -0.15) is 0 Å². The number of aliphatic carboxylic acids is 1. The zero-order valence-electron chi connectivity index (χ0n) is 10.8.